The Morgan fingerprint density at radius 1 is 1.24 bits per heavy atom. The van der Waals surface area contributed by atoms with Gasteiger partial charge in [-0.3, -0.25) is 0 Å². The van der Waals surface area contributed by atoms with E-state index in [9.17, 15) is 13.2 Å². The van der Waals surface area contributed by atoms with E-state index in [1.54, 1.807) is 6.92 Å². The fourth-order valence-electron chi connectivity index (χ4n) is 2.78. The molecular weight excluding hydrogens is 233 g/mol. The predicted molar refractivity (Wildman–Crippen MR) is 56.5 cm³/mol. The van der Waals surface area contributed by atoms with Crippen molar-refractivity contribution in [1.29, 1.82) is 0 Å². The highest BCUT2D eigenvalue weighted by Crippen LogP contribution is 2.53. The Balaban J connectivity index is 1.90. The molecule has 1 aliphatic heterocycles. The minimum atomic E-state index is -4.41. The summed E-state index contributed by atoms with van der Waals surface area (Å²) in [4.78, 5) is 0. The third-order valence-corrected chi connectivity index (χ3v) is 3.71. The smallest absolute Gasteiger partial charge is 0.341 e. The Morgan fingerprint density at radius 2 is 1.88 bits per heavy atom. The van der Waals surface area contributed by atoms with E-state index >= 15 is 0 Å². The molecule has 2 rings (SSSR count). The lowest BCUT2D eigenvalue weighted by Crippen LogP contribution is -2.38. The molecule has 2 aliphatic rings. The monoisotopic (exact) mass is 252 g/mol. The van der Waals surface area contributed by atoms with Crippen molar-refractivity contribution in [3.05, 3.63) is 0 Å². The number of epoxide rings is 1. The molecule has 1 saturated heterocycles. The second kappa shape index (κ2) is 4.76. The molecular formula is C12H19F3O2. The van der Waals surface area contributed by atoms with Crippen LogP contribution in [0.4, 0.5) is 13.2 Å². The van der Waals surface area contributed by atoms with Crippen molar-refractivity contribution in [1.82, 2.24) is 0 Å². The minimum absolute atomic E-state index is 0.0284. The van der Waals surface area contributed by atoms with E-state index in [0.717, 1.165) is 25.7 Å². The first-order valence-electron chi connectivity index (χ1n) is 6.38. The highest BCUT2D eigenvalue weighted by molar-refractivity contribution is 5.01. The highest BCUT2D eigenvalue weighted by atomic mass is 19.4. The predicted octanol–water partition coefficient (Wildman–Crippen LogP) is 3.65. The summed E-state index contributed by atoms with van der Waals surface area (Å²) in [6.07, 6.45) is 0.806. The van der Waals surface area contributed by atoms with Crippen LogP contribution in [0.15, 0.2) is 0 Å². The molecule has 0 N–H and O–H groups in total. The molecule has 0 radical (unpaired) electrons. The minimum Gasteiger partial charge on any atom is -0.341 e. The van der Waals surface area contributed by atoms with Gasteiger partial charge in [0.15, 0.2) is 0 Å². The summed E-state index contributed by atoms with van der Waals surface area (Å²) in [5.74, 6) is -1.92. The fourth-order valence-corrected chi connectivity index (χ4v) is 2.78. The lowest BCUT2D eigenvalue weighted by molar-refractivity contribution is -0.270. The van der Waals surface area contributed by atoms with E-state index < -0.39 is 18.1 Å². The summed E-state index contributed by atoms with van der Waals surface area (Å²) < 4.78 is 48.2. The zero-order valence-electron chi connectivity index (χ0n) is 10.1. The van der Waals surface area contributed by atoms with Crippen molar-refractivity contribution in [3.63, 3.8) is 0 Å². The molecule has 0 bridgehead atoms. The molecule has 0 aromatic rings. The van der Waals surface area contributed by atoms with Gasteiger partial charge in [-0.2, -0.15) is 13.2 Å². The van der Waals surface area contributed by atoms with Gasteiger partial charge in [-0.1, -0.05) is 32.1 Å². The zero-order valence-corrected chi connectivity index (χ0v) is 10.1. The molecule has 0 aromatic heterocycles. The third kappa shape index (κ3) is 2.60. The molecule has 1 saturated carbocycles. The van der Waals surface area contributed by atoms with Gasteiger partial charge in [0.25, 0.3) is 5.79 Å². The first kappa shape index (κ1) is 13.1. The summed E-state index contributed by atoms with van der Waals surface area (Å²) in [5, 5.41) is 0. The molecule has 0 aromatic carbocycles. The van der Waals surface area contributed by atoms with Crippen LogP contribution in [0.2, 0.25) is 0 Å². The van der Waals surface area contributed by atoms with Crippen LogP contribution in [0.25, 0.3) is 0 Å². The first-order valence-corrected chi connectivity index (χ1v) is 6.38. The quantitative estimate of drug-likeness (QED) is 0.712. The van der Waals surface area contributed by atoms with E-state index in [2.05, 4.69) is 0 Å². The molecule has 0 unspecified atom stereocenters. The van der Waals surface area contributed by atoms with Crippen molar-refractivity contribution in [2.45, 2.75) is 63.5 Å². The summed E-state index contributed by atoms with van der Waals surface area (Å²) in [6.45, 7) is 1.59. The Labute approximate surface area is 99.5 Å². The Hall–Kier alpha value is -0.290. The first-order chi connectivity index (χ1) is 7.99. The standard InChI is InChI=1S/C12H19F3O2/c1-2-16-11(12(13,14)15)10(17-11)8-9-6-4-3-5-7-9/h9-10H,2-8H2,1H3/t10-,11+/m0/s1. The number of alkyl halides is 3. The number of hydrogen-bond donors (Lipinski definition) is 0. The second-order valence-electron chi connectivity index (χ2n) is 4.94. The molecule has 0 spiro atoms. The topological polar surface area (TPSA) is 21.8 Å². The van der Waals surface area contributed by atoms with Gasteiger partial charge >= 0.3 is 6.18 Å². The largest absolute Gasteiger partial charge is 0.446 e. The lowest BCUT2D eigenvalue weighted by Gasteiger charge is -2.22. The van der Waals surface area contributed by atoms with Gasteiger partial charge in [-0.25, -0.2) is 0 Å². The van der Waals surface area contributed by atoms with Crippen LogP contribution >= 0.6 is 0 Å². The van der Waals surface area contributed by atoms with Crippen LogP contribution in [0.1, 0.15) is 45.4 Å². The molecule has 0 amide bonds. The summed E-state index contributed by atoms with van der Waals surface area (Å²) in [5.41, 5.74) is 0. The molecule has 2 atom stereocenters. The Bertz CT molecular complexity index is 261. The average Bonchev–Trinajstić information content (AvgIpc) is 2.94. The van der Waals surface area contributed by atoms with Crippen LogP contribution in [-0.4, -0.2) is 24.7 Å². The third-order valence-electron chi connectivity index (χ3n) is 3.71. The van der Waals surface area contributed by atoms with Crippen LogP contribution in [0.3, 0.4) is 0 Å². The van der Waals surface area contributed by atoms with E-state index in [1.807, 2.05) is 0 Å². The van der Waals surface area contributed by atoms with E-state index in [1.165, 1.54) is 6.42 Å². The van der Waals surface area contributed by atoms with Crippen LogP contribution < -0.4 is 0 Å². The number of hydrogen-bond acceptors (Lipinski definition) is 2. The van der Waals surface area contributed by atoms with Crippen molar-refractivity contribution in [2.75, 3.05) is 6.61 Å². The molecule has 17 heavy (non-hydrogen) atoms. The number of ether oxygens (including phenoxy) is 2. The van der Waals surface area contributed by atoms with Crippen molar-refractivity contribution in [3.8, 4) is 0 Å². The van der Waals surface area contributed by atoms with Crippen LogP contribution in [0.5, 0.6) is 0 Å². The highest BCUT2D eigenvalue weighted by Gasteiger charge is 2.75. The summed E-state index contributed by atoms with van der Waals surface area (Å²) in [7, 11) is 0. The van der Waals surface area contributed by atoms with Gasteiger partial charge in [-0.05, 0) is 19.3 Å². The molecule has 1 aliphatic carbocycles. The normalized spacial score (nSPS) is 34.9. The number of rotatable bonds is 4. The maximum absolute atomic E-state index is 12.8. The van der Waals surface area contributed by atoms with E-state index in [-0.39, 0.29) is 6.61 Å². The fraction of sp³-hybridized carbons (Fsp3) is 1.00. The molecule has 5 heteroatoms. The van der Waals surface area contributed by atoms with Crippen molar-refractivity contribution >= 4 is 0 Å². The maximum atomic E-state index is 12.8. The lowest BCUT2D eigenvalue weighted by atomic mass is 9.85. The van der Waals surface area contributed by atoms with Gasteiger partial charge in [0.1, 0.15) is 6.10 Å². The summed E-state index contributed by atoms with van der Waals surface area (Å²) >= 11 is 0. The van der Waals surface area contributed by atoms with Gasteiger partial charge < -0.3 is 9.47 Å². The molecule has 1 heterocycles. The molecule has 100 valence electrons. The number of halogens is 3. The molecule has 2 fully saturated rings. The summed E-state index contributed by atoms with van der Waals surface area (Å²) in [6, 6.07) is 0. The van der Waals surface area contributed by atoms with Gasteiger partial charge in [0.05, 0.1) is 0 Å². The second-order valence-corrected chi connectivity index (χ2v) is 4.94. The Kier molecular flexibility index (Phi) is 3.69. The molecule has 2 nitrogen and oxygen atoms in total. The zero-order chi connectivity index (χ0) is 12.5. The van der Waals surface area contributed by atoms with Gasteiger partial charge in [0, 0.05) is 6.61 Å². The van der Waals surface area contributed by atoms with Gasteiger partial charge in [-0.15, -0.1) is 0 Å². The van der Waals surface area contributed by atoms with E-state index in [4.69, 9.17) is 9.47 Å². The maximum Gasteiger partial charge on any atom is 0.446 e. The van der Waals surface area contributed by atoms with E-state index in [0.29, 0.717) is 12.3 Å². The SMILES string of the molecule is CCO[C@@]1(C(F)(F)F)O[C@H]1CC1CCCCC1. The van der Waals surface area contributed by atoms with Crippen LogP contribution in [0, 0.1) is 5.92 Å². The van der Waals surface area contributed by atoms with Gasteiger partial charge in [0.2, 0.25) is 0 Å². The van der Waals surface area contributed by atoms with Crippen molar-refractivity contribution in [2.24, 2.45) is 5.92 Å². The van der Waals surface area contributed by atoms with Crippen molar-refractivity contribution < 1.29 is 22.6 Å². The van der Waals surface area contributed by atoms with Crippen LogP contribution in [-0.2, 0) is 9.47 Å². The average molecular weight is 252 g/mol. The Morgan fingerprint density at radius 3 is 2.41 bits per heavy atom.